The van der Waals surface area contributed by atoms with E-state index >= 15 is 0 Å². The second-order valence-electron chi connectivity index (χ2n) is 3.78. The van der Waals surface area contributed by atoms with Crippen LogP contribution in [0.4, 0.5) is 11.4 Å². The Balaban J connectivity index is 1.98. The summed E-state index contributed by atoms with van der Waals surface area (Å²) in [4.78, 5) is 4.00. The molecule has 0 bridgehead atoms. The molecule has 3 aromatic rings. The highest BCUT2D eigenvalue weighted by Gasteiger charge is 2.06. The van der Waals surface area contributed by atoms with Gasteiger partial charge in [0.2, 0.25) is 0 Å². The van der Waals surface area contributed by atoms with Crippen molar-refractivity contribution < 1.29 is 4.42 Å². The van der Waals surface area contributed by atoms with Gasteiger partial charge in [0.05, 0.1) is 21.9 Å². The highest BCUT2D eigenvalue weighted by Crippen LogP contribution is 2.30. The van der Waals surface area contributed by atoms with Gasteiger partial charge in [0, 0.05) is 17.3 Å². The van der Waals surface area contributed by atoms with Gasteiger partial charge in [-0.25, -0.2) is 0 Å². The second-order valence-corrected chi connectivity index (χ2v) is 4.59. The summed E-state index contributed by atoms with van der Waals surface area (Å²) in [5, 5.41) is 5.24. The molecule has 18 heavy (non-hydrogen) atoms. The van der Waals surface area contributed by atoms with Crippen LogP contribution in [0.1, 0.15) is 0 Å². The third-order valence-corrected chi connectivity index (χ3v) is 3.32. The van der Waals surface area contributed by atoms with Gasteiger partial charge in [-0.05, 0) is 24.3 Å². The molecule has 0 atom stereocenters. The van der Waals surface area contributed by atoms with Crippen molar-refractivity contribution in [3.63, 3.8) is 0 Å². The van der Waals surface area contributed by atoms with Crippen LogP contribution in [0, 0.1) is 0 Å². The smallest absolute Gasteiger partial charge is 0.154 e. The van der Waals surface area contributed by atoms with Crippen LogP contribution in [0.2, 0.25) is 10.0 Å². The van der Waals surface area contributed by atoms with E-state index in [-0.39, 0.29) is 0 Å². The van der Waals surface area contributed by atoms with Gasteiger partial charge in [-0.3, -0.25) is 4.98 Å². The van der Waals surface area contributed by atoms with Gasteiger partial charge in [-0.15, -0.1) is 0 Å². The summed E-state index contributed by atoms with van der Waals surface area (Å²) in [7, 11) is 0. The summed E-state index contributed by atoms with van der Waals surface area (Å²) in [6.45, 7) is 0. The summed E-state index contributed by atoms with van der Waals surface area (Å²) < 4.78 is 5.39. The van der Waals surface area contributed by atoms with Crippen LogP contribution in [0.5, 0.6) is 0 Å². The Morgan fingerprint density at radius 1 is 1.11 bits per heavy atom. The third kappa shape index (κ3) is 2.03. The van der Waals surface area contributed by atoms with E-state index in [2.05, 4.69) is 10.3 Å². The highest BCUT2D eigenvalue weighted by atomic mass is 35.5. The molecular weight excluding hydrogens is 271 g/mol. The maximum atomic E-state index is 5.97. The summed E-state index contributed by atoms with van der Waals surface area (Å²) in [6, 6.07) is 7.26. The van der Waals surface area contributed by atoms with Crippen molar-refractivity contribution in [2.75, 3.05) is 5.32 Å². The van der Waals surface area contributed by atoms with Crippen molar-refractivity contribution in [1.82, 2.24) is 4.98 Å². The monoisotopic (exact) mass is 278 g/mol. The summed E-state index contributed by atoms with van der Waals surface area (Å²) in [5.74, 6) is 0. The Morgan fingerprint density at radius 3 is 2.83 bits per heavy atom. The van der Waals surface area contributed by atoms with E-state index in [4.69, 9.17) is 27.6 Å². The van der Waals surface area contributed by atoms with Gasteiger partial charge in [0.25, 0.3) is 0 Å². The van der Waals surface area contributed by atoms with E-state index in [9.17, 15) is 0 Å². The van der Waals surface area contributed by atoms with Gasteiger partial charge < -0.3 is 9.73 Å². The lowest BCUT2D eigenvalue weighted by atomic mass is 10.2. The molecule has 0 spiro atoms. The van der Waals surface area contributed by atoms with Crippen molar-refractivity contribution in [2.45, 2.75) is 0 Å². The number of furan rings is 1. The molecule has 0 saturated heterocycles. The average Bonchev–Trinajstić information content (AvgIpc) is 2.78. The maximum Gasteiger partial charge on any atom is 0.154 e. The first-order chi connectivity index (χ1) is 8.74. The molecule has 1 aromatic carbocycles. The molecule has 3 nitrogen and oxygen atoms in total. The number of benzene rings is 1. The number of nitrogens with zero attached hydrogens (tertiary/aromatic N) is 1. The first-order valence-corrected chi connectivity index (χ1v) is 6.03. The van der Waals surface area contributed by atoms with Gasteiger partial charge in [-0.1, -0.05) is 23.2 Å². The van der Waals surface area contributed by atoms with Crippen molar-refractivity contribution in [3.8, 4) is 0 Å². The number of aromatic nitrogens is 1. The minimum Gasteiger partial charge on any atom is -0.460 e. The highest BCUT2D eigenvalue weighted by molar-refractivity contribution is 6.42. The fraction of sp³-hybridized carbons (Fsp3) is 0. The first-order valence-electron chi connectivity index (χ1n) is 5.27. The van der Waals surface area contributed by atoms with Crippen molar-refractivity contribution in [2.24, 2.45) is 0 Å². The molecule has 1 N–H and O–H groups in total. The molecule has 0 fully saturated rings. The zero-order valence-corrected chi connectivity index (χ0v) is 10.7. The molecule has 0 unspecified atom stereocenters. The van der Waals surface area contributed by atoms with Crippen molar-refractivity contribution in [3.05, 3.63) is 53.0 Å². The fourth-order valence-corrected chi connectivity index (χ4v) is 2.01. The largest absolute Gasteiger partial charge is 0.460 e. The molecular formula is C13H8Cl2N2O. The van der Waals surface area contributed by atoms with E-state index in [0.29, 0.717) is 10.0 Å². The molecule has 0 aliphatic heterocycles. The standard InChI is InChI=1S/C13H8Cl2N2O/c14-10-2-1-8(5-11(10)15)17-12-7-18-13-6-16-4-3-9(12)13/h1-7,17H. The Morgan fingerprint density at radius 2 is 2.00 bits per heavy atom. The number of anilines is 2. The van der Waals surface area contributed by atoms with Gasteiger partial charge >= 0.3 is 0 Å². The second kappa shape index (κ2) is 4.52. The number of hydrogen-bond acceptors (Lipinski definition) is 3. The van der Waals surface area contributed by atoms with Crippen LogP contribution in [0.15, 0.2) is 47.3 Å². The topological polar surface area (TPSA) is 38.1 Å². The molecule has 2 heterocycles. The van der Waals surface area contributed by atoms with E-state index in [1.54, 1.807) is 30.8 Å². The number of rotatable bonds is 2. The van der Waals surface area contributed by atoms with Crippen molar-refractivity contribution >= 4 is 45.5 Å². The van der Waals surface area contributed by atoms with Crippen molar-refractivity contribution in [1.29, 1.82) is 0 Å². The predicted molar refractivity (Wildman–Crippen MR) is 73.8 cm³/mol. The normalized spacial score (nSPS) is 10.8. The third-order valence-electron chi connectivity index (χ3n) is 2.58. The number of halogens is 2. The molecule has 0 amide bonds. The van der Waals surface area contributed by atoms with Crippen LogP contribution in [-0.2, 0) is 0 Å². The SMILES string of the molecule is Clc1ccc(Nc2coc3cnccc23)cc1Cl. The molecule has 0 saturated carbocycles. The number of fused-ring (bicyclic) bond motifs is 1. The van der Waals surface area contributed by atoms with Crippen LogP contribution in [0.3, 0.4) is 0 Å². The van der Waals surface area contributed by atoms with Crippen LogP contribution >= 0.6 is 23.2 Å². The van der Waals surface area contributed by atoms with Gasteiger partial charge in [0.15, 0.2) is 5.58 Å². The Labute approximate surface area is 113 Å². The molecule has 0 aliphatic carbocycles. The minimum atomic E-state index is 0.510. The molecule has 0 aliphatic rings. The number of pyridine rings is 1. The lowest BCUT2D eigenvalue weighted by molar-refractivity contribution is 0.615. The van der Waals surface area contributed by atoms with Crippen LogP contribution < -0.4 is 5.32 Å². The molecule has 90 valence electrons. The van der Waals surface area contributed by atoms with Crippen LogP contribution in [-0.4, -0.2) is 4.98 Å². The molecule has 0 radical (unpaired) electrons. The first kappa shape index (κ1) is 11.4. The summed E-state index contributed by atoms with van der Waals surface area (Å²) in [5.41, 5.74) is 2.45. The average molecular weight is 279 g/mol. The Kier molecular flexibility index (Phi) is 2.86. The number of nitrogens with one attached hydrogen (secondary N) is 1. The van der Waals surface area contributed by atoms with Gasteiger partial charge in [-0.2, -0.15) is 0 Å². The number of hydrogen-bond donors (Lipinski definition) is 1. The molecule has 3 rings (SSSR count). The van der Waals surface area contributed by atoms with Crippen LogP contribution in [0.25, 0.3) is 11.0 Å². The van der Waals surface area contributed by atoms with E-state index in [1.807, 2.05) is 12.1 Å². The summed E-state index contributed by atoms with van der Waals surface area (Å²) in [6.07, 6.45) is 5.04. The zero-order valence-electron chi connectivity index (χ0n) is 9.15. The van der Waals surface area contributed by atoms with E-state index < -0.39 is 0 Å². The lowest BCUT2D eigenvalue weighted by Gasteiger charge is -2.05. The Hall–Kier alpha value is -1.71. The summed E-state index contributed by atoms with van der Waals surface area (Å²) >= 11 is 11.8. The zero-order chi connectivity index (χ0) is 12.5. The van der Waals surface area contributed by atoms with E-state index in [1.165, 1.54) is 0 Å². The predicted octanol–water partition coefficient (Wildman–Crippen LogP) is 4.88. The Bertz CT molecular complexity index is 709. The van der Waals surface area contributed by atoms with Gasteiger partial charge in [0.1, 0.15) is 6.26 Å². The lowest BCUT2D eigenvalue weighted by Crippen LogP contribution is -1.88. The quantitative estimate of drug-likeness (QED) is 0.726. The molecule has 5 heteroatoms. The maximum absolute atomic E-state index is 5.97. The fourth-order valence-electron chi connectivity index (χ4n) is 1.71. The van der Waals surface area contributed by atoms with E-state index in [0.717, 1.165) is 22.3 Å². The molecule has 2 aromatic heterocycles. The minimum absolute atomic E-state index is 0.510.